The minimum absolute atomic E-state index is 0.0572. The first-order valence-corrected chi connectivity index (χ1v) is 5.83. The van der Waals surface area contributed by atoms with E-state index in [9.17, 15) is 24.5 Å². The van der Waals surface area contributed by atoms with Gasteiger partial charge >= 0.3 is 12.0 Å². The number of nitro groups is 1. The van der Waals surface area contributed by atoms with Crippen molar-refractivity contribution in [3.63, 3.8) is 0 Å². The number of carboxylic acids is 1. The number of nitro benzene ring substituents is 1. The molecule has 112 valence electrons. The third-order valence-electron chi connectivity index (χ3n) is 2.52. The predicted molar refractivity (Wildman–Crippen MR) is 71.0 cm³/mol. The molecule has 0 aliphatic heterocycles. The van der Waals surface area contributed by atoms with E-state index in [-0.39, 0.29) is 23.6 Å². The zero-order valence-electron chi connectivity index (χ0n) is 11.1. The Labute approximate surface area is 119 Å². The van der Waals surface area contributed by atoms with Gasteiger partial charge in [-0.2, -0.15) is 0 Å². The number of hydrogen-bond acceptors (Lipinski definition) is 5. The largest absolute Gasteiger partial charge is 0.480 e. The van der Waals surface area contributed by atoms with Gasteiger partial charge in [-0.3, -0.25) is 19.7 Å². The molecule has 9 nitrogen and oxygen atoms in total. The predicted octanol–water partition coefficient (Wildman–Crippen LogP) is 0.681. The molecule has 0 saturated carbocycles. The highest BCUT2D eigenvalue weighted by molar-refractivity contribution is 5.96. The molecule has 1 aromatic carbocycles. The number of carbonyl (C=O) groups excluding carboxylic acids is 2. The summed E-state index contributed by atoms with van der Waals surface area (Å²) in [4.78, 5) is 43.1. The highest BCUT2D eigenvalue weighted by Gasteiger charge is 2.14. The van der Waals surface area contributed by atoms with Gasteiger partial charge in [0.25, 0.3) is 5.69 Å². The van der Waals surface area contributed by atoms with Gasteiger partial charge in [0.15, 0.2) is 5.78 Å². The molecule has 0 saturated heterocycles. The molecule has 0 aromatic heterocycles. The number of aliphatic carboxylic acids is 1. The summed E-state index contributed by atoms with van der Waals surface area (Å²) >= 11 is 0. The van der Waals surface area contributed by atoms with Gasteiger partial charge in [-0.1, -0.05) is 0 Å². The maximum absolute atomic E-state index is 11.5. The standard InChI is InChI=1S/C12H13N3O6/c1-7(16)10-4-9(15(20)21)3-2-8(10)5-13-12(19)14-6-11(17)18/h2-4H,5-6H2,1H3,(H,17,18)(H2,13,14,19). The van der Waals surface area contributed by atoms with Crippen molar-refractivity contribution in [2.75, 3.05) is 6.54 Å². The van der Waals surface area contributed by atoms with Gasteiger partial charge in [-0.25, -0.2) is 4.79 Å². The van der Waals surface area contributed by atoms with Crippen LogP contribution in [0.5, 0.6) is 0 Å². The van der Waals surface area contributed by atoms with Crippen molar-refractivity contribution < 1.29 is 24.4 Å². The van der Waals surface area contributed by atoms with E-state index >= 15 is 0 Å². The average Bonchev–Trinajstić information content (AvgIpc) is 2.42. The fraction of sp³-hybridized carbons (Fsp3) is 0.250. The number of nitrogens with one attached hydrogen (secondary N) is 2. The van der Waals surface area contributed by atoms with Crippen molar-refractivity contribution in [3.8, 4) is 0 Å². The van der Waals surface area contributed by atoms with Crippen LogP contribution in [0.2, 0.25) is 0 Å². The summed E-state index contributed by atoms with van der Waals surface area (Å²) in [7, 11) is 0. The number of nitrogens with zero attached hydrogens (tertiary/aromatic N) is 1. The van der Waals surface area contributed by atoms with E-state index in [1.54, 1.807) is 0 Å². The lowest BCUT2D eigenvalue weighted by molar-refractivity contribution is -0.384. The Balaban J connectivity index is 2.79. The average molecular weight is 295 g/mol. The first-order valence-electron chi connectivity index (χ1n) is 5.83. The summed E-state index contributed by atoms with van der Waals surface area (Å²) < 4.78 is 0. The van der Waals surface area contributed by atoms with E-state index < -0.39 is 23.5 Å². The Kier molecular flexibility index (Phi) is 5.35. The number of Topliss-reactive ketones (excluding diaryl/α,β-unsaturated/α-hetero) is 1. The molecule has 0 unspecified atom stereocenters. The minimum atomic E-state index is -1.19. The van der Waals surface area contributed by atoms with Gasteiger partial charge in [0.1, 0.15) is 6.54 Å². The molecule has 2 amide bonds. The van der Waals surface area contributed by atoms with Gasteiger partial charge in [-0.05, 0) is 18.6 Å². The Hall–Kier alpha value is -2.97. The molecule has 9 heteroatoms. The van der Waals surface area contributed by atoms with E-state index in [1.165, 1.54) is 19.1 Å². The van der Waals surface area contributed by atoms with E-state index in [4.69, 9.17) is 5.11 Å². The molecule has 21 heavy (non-hydrogen) atoms. The topological polar surface area (TPSA) is 139 Å². The van der Waals surface area contributed by atoms with Crippen LogP contribution in [-0.2, 0) is 11.3 Å². The van der Waals surface area contributed by atoms with Crippen molar-refractivity contribution in [1.29, 1.82) is 0 Å². The van der Waals surface area contributed by atoms with Gasteiger partial charge in [0, 0.05) is 24.2 Å². The summed E-state index contributed by atoms with van der Waals surface area (Å²) in [5.74, 6) is -1.56. The van der Waals surface area contributed by atoms with Gasteiger partial charge < -0.3 is 15.7 Å². The summed E-state index contributed by atoms with van der Waals surface area (Å²) in [6, 6.07) is 3.00. The zero-order chi connectivity index (χ0) is 16.0. The van der Waals surface area contributed by atoms with Crippen LogP contribution in [0.3, 0.4) is 0 Å². The van der Waals surface area contributed by atoms with Crippen LogP contribution in [0.15, 0.2) is 18.2 Å². The number of amides is 2. The highest BCUT2D eigenvalue weighted by Crippen LogP contribution is 2.18. The first-order chi connectivity index (χ1) is 9.81. The van der Waals surface area contributed by atoms with E-state index in [2.05, 4.69) is 10.6 Å². The quantitative estimate of drug-likeness (QED) is 0.400. The molecular formula is C12H13N3O6. The molecule has 0 aliphatic rings. The molecule has 0 aliphatic carbocycles. The summed E-state index contributed by atoms with van der Waals surface area (Å²) in [6.45, 7) is 0.664. The number of urea groups is 1. The molecular weight excluding hydrogens is 282 g/mol. The Morgan fingerprint density at radius 2 is 1.95 bits per heavy atom. The fourth-order valence-corrected chi connectivity index (χ4v) is 1.55. The smallest absolute Gasteiger partial charge is 0.323 e. The molecule has 0 fully saturated rings. The molecule has 1 aromatic rings. The highest BCUT2D eigenvalue weighted by atomic mass is 16.6. The number of rotatable bonds is 6. The number of ketones is 1. The SMILES string of the molecule is CC(=O)c1cc([N+](=O)[O-])ccc1CNC(=O)NCC(=O)O. The molecule has 0 atom stereocenters. The van der Waals surface area contributed by atoms with E-state index in [0.717, 1.165) is 6.07 Å². The lowest BCUT2D eigenvalue weighted by Crippen LogP contribution is -2.38. The normalized spacial score (nSPS) is 9.76. The second-order valence-electron chi connectivity index (χ2n) is 4.08. The third-order valence-corrected chi connectivity index (χ3v) is 2.52. The maximum Gasteiger partial charge on any atom is 0.323 e. The first kappa shape index (κ1) is 16.1. The van der Waals surface area contributed by atoms with Crippen molar-refractivity contribution >= 4 is 23.5 Å². The second-order valence-corrected chi connectivity index (χ2v) is 4.08. The van der Waals surface area contributed by atoms with Crippen LogP contribution in [0.4, 0.5) is 10.5 Å². The number of carboxylic acid groups (broad SMARTS) is 1. The van der Waals surface area contributed by atoms with E-state index in [0.29, 0.717) is 5.56 Å². The van der Waals surface area contributed by atoms with Crippen LogP contribution in [0, 0.1) is 10.1 Å². The molecule has 0 heterocycles. The Morgan fingerprint density at radius 1 is 1.29 bits per heavy atom. The zero-order valence-corrected chi connectivity index (χ0v) is 11.1. The fourth-order valence-electron chi connectivity index (χ4n) is 1.55. The number of hydrogen-bond donors (Lipinski definition) is 3. The van der Waals surface area contributed by atoms with Crippen molar-refractivity contribution in [1.82, 2.24) is 10.6 Å². The monoisotopic (exact) mass is 295 g/mol. The number of non-ortho nitro benzene ring substituents is 1. The van der Waals surface area contributed by atoms with Crippen LogP contribution in [0.25, 0.3) is 0 Å². The van der Waals surface area contributed by atoms with Gasteiger partial charge in [-0.15, -0.1) is 0 Å². The summed E-state index contributed by atoms with van der Waals surface area (Å²) in [5, 5.41) is 23.5. The van der Waals surface area contributed by atoms with Crippen LogP contribution >= 0.6 is 0 Å². The second kappa shape index (κ2) is 6.98. The molecule has 0 bridgehead atoms. The van der Waals surface area contributed by atoms with E-state index in [1.807, 2.05) is 0 Å². The van der Waals surface area contributed by atoms with Crippen molar-refractivity contribution in [2.45, 2.75) is 13.5 Å². The molecule has 0 radical (unpaired) electrons. The Morgan fingerprint density at radius 3 is 2.48 bits per heavy atom. The minimum Gasteiger partial charge on any atom is -0.480 e. The number of benzene rings is 1. The third kappa shape index (κ3) is 4.90. The maximum atomic E-state index is 11.5. The molecule has 1 rings (SSSR count). The number of carbonyl (C=O) groups is 3. The van der Waals surface area contributed by atoms with Crippen LogP contribution in [-0.4, -0.2) is 34.4 Å². The van der Waals surface area contributed by atoms with Crippen molar-refractivity contribution in [3.05, 3.63) is 39.4 Å². The van der Waals surface area contributed by atoms with Crippen molar-refractivity contribution in [2.24, 2.45) is 0 Å². The summed E-state index contributed by atoms with van der Waals surface area (Å²) in [6.07, 6.45) is 0. The molecule has 3 N–H and O–H groups in total. The lowest BCUT2D eigenvalue weighted by atomic mass is 10.0. The van der Waals surface area contributed by atoms with Crippen LogP contribution in [0.1, 0.15) is 22.8 Å². The summed E-state index contributed by atoms with van der Waals surface area (Å²) in [5.41, 5.74) is 0.306. The lowest BCUT2D eigenvalue weighted by Gasteiger charge is -2.09. The molecule has 0 spiro atoms. The van der Waals surface area contributed by atoms with Gasteiger partial charge in [0.05, 0.1) is 4.92 Å². The Bertz CT molecular complexity index is 599. The van der Waals surface area contributed by atoms with Crippen LogP contribution < -0.4 is 10.6 Å². The van der Waals surface area contributed by atoms with Gasteiger partial charge in [0.2, 0.25) is 0 Å².